The molecule has 0 spiro atoms. The maximum absolute atomic E-state index is 14.5. The monoisotopic (exact) mass is 390 g/mol. The first-order valence-corrected chi connectivity index (χ1v) is 8.81. The average molecular weight is 391 g/mol. The van der Waals surface area contributed by atoms with E-state index in [1.165, 1.54) is 4.90 Å². The number of anilines is 1. The largest absolute Gasteiger partial charge is 0.465 e. The molecule has 0 saturated carbocycles. The van der Waals surface area contributed by atoms with Crippen molar-refractivity contribution in [2.24, 2.45) is 0 Å². The van der Waals surface area contributed by atoms with Gasteiger partial charge in [-0.2, -0.15) is 9.49 Å². The van der Waals surface area contributed by atoms with Crippen molar-refractivity contribution in [1.29, 1.82) is 0 Å². The first-order chi connectivity index (χ1) is 13.0. The van der Waals surface area contributed by atoms with Crippen molar-refractivity contribution < 1.29 is 14.3 Å². The van der Waals surface area contributed by atoms with Crippen molar-refractivity contribution >= 4 is 29.0 Å². The van der Waals surface area contributed by atoms with Gasteiger partial charge < -0.3 is 15.3 Å². The van der Waals surface area contributed by atoms with Gasteiger partial charge in [0.25, 0.3) is 0 Å². The zero-order chi connectivity index (χ0) is 19.0. The molecule has 0 unspecified atom stereocenters. The summed E-state index contributed by atoms with van der Waals surface area (Å²) in [7, 11) is 0. The van der Waals surface area contributed by atoms with Gasteiger partial charge in [-0.3, -0.25) is 0 Å². The Kier molecular flexibility index (Phi) is 4.53. The first-order valence-electron chi connectivity index (χ1n) is 8.43. The molecule has 1 fully saturated rings. The highest BCUT2D eigenvalue weighted by Crippen LogP contribution is 2.28. The lowest BCUT2D eigenvalue weighted by Gasteiger charge is -2.31. The van der Waals surface area contributed by atoms with E-state index < -0.39 is 11.9 Å². The Morgan fingerprint density at radius 3 is 3.04 bits per heavy atom. The van der Waals surface area contributed by atoms with Crippen LogP contribution in [0.4, 0.5) is 15.0 Å². The van der Waals surface area contributed by atoms with Crippen LogP contribution < -0.4 is 5.32 Å². The van der Waals surface area contributed by atoms with E-state index in [0.29, 0.717) is 24.9 Å². The van der Waals surface area contributed by atoms with E-state index in [4.69, 9.17) is 16.7 Å². The molecule has 10 heteroatoms. The standard InChI is InChI=1S/C17H16ClFN6O2/c18-14-13(19)16(21-10-4-3-6-24(9-10)17(26)27)23-15(22-14)11-8-20-25-7-2-1-5-12(11)25/h1-2,5,7-8,10H,3-4,6,9H2,(H,26,27)(H,21,22,23)/t10-/m1/s1. The summed E-state index contributed by atoms with van der Waals surface area (Å²) >= 11 is 5.99. The smallest absolute Gasteiger partial charge is 0.407 e. The van der Waals surface area contributed by atoms with E-state index in [9.17, 15) is 9.18 Å². The number of amides is 1. The Morgan fingerprint density at radius 1 is 1.37 bits per heavy atom. The van der Waals surface area contributed by atoms with Crippen LogP contribution in [0.5, 0.6) is 0 Å². The minimum absolute atomic E-state index is 0.0440. The van der Waals surface area contributed by atoms with Crippen molar-refractivity contribution in [2.45, 2.75) is 18.9 Å². The van der Waals surface area contributed by atoms with E-state index in [2.05, 4.69) is 20.4 Å². The van der Waals surface area contributed by atoms with Gasteiger partial charge in [-0.15, -0.1) is 0 Å². The lowest BCUT2D eigenvalue weighted by atomic mass is 10.1. The summed E-state index contributed by atoms with van der Waals surface area (Å²) in [5.74, 6) is -0.558. The second-order valence-corrected chi connectivity index (χ2v) is 6.66. The third-order valence-corrected chi connectivity index (χ3v) is 4.76. The van der Waals surface area contributed by atoms with E-state index in [-0.39, 0.29) is 29.4 Å². The predicted octanol–water partition coefficient (Wildman–Crippen LogP) is 3.14. The molecule has 3 aromatic heterocycles. The Bertz CT molecular complexity index is 1010. The molecule has 1 atom stereocenters. The fourth-order valence-corrected chi connectivity index (χ4v) is 3.37. The van der Waals surface area contributed by atoms with Gasteiger partial charge in [0.2, 0.25) is 5.82 Å². The van der Waals surface area contributed by atoms with Gasteiger partial charge in [0.15, 0.2) is 16.8 Å². The minimum Gasteiger partial charge on any atom is -0.465 e. The third kappa shape index (κ3) is 3.37. The van der Waals surface area contributed by atoms with Crippen molar-refractivity contribution in [3.63, 3.8) is 0 Å². The molecule has 27 heavy (non-hydrogen) atoms. The van der Waals surface area contributed by atoms with Gasteiger partial charge in [-0.25, -0.2) is 19.3 Å². The molecule has 0 bridgehead atoms. The third-order valence-electron chi connectivity index (χ3n) is 4.51. The number of fused-ring (bicyclic) bond motifs is 1. The number of hydrogen-bond acceptors (Lipinski definition) is 5. The zero-order valence-corrected chi connectivity index (χ0v) is 14.9. The number of nitrogens with zero attached hydrogens (tertiary/aromatic N) is 5. The van der Waals surface area contributed by atoms with E-state index >= 15 is 0 Å². The highest BCUT2D eigenvalue weighted by Gasteiger charge is 2.25. The minimum atomic E-state index is -0.991. The topological polar surface area (TPSA) is 95.7 Å². The number of rotatable bonds is 3. The molecule has 1 saturated heterocycles. The van der Waals surface area contributed by atoms with Crippen molar-refractivity contribution in [3.8, 4) is 11.4 Å². The fraction of sp³-hybridized carbons (Fsp3) is 0.294. The predicted molar refractivity (Wildman–Crippen MR) is 97.4 cm³/mol. The number of piperidine rings is 1. The molecule has 2 N–H and O–H groups in total. The molecule has 1 amide bonds. The molecular weight excluding hydrogens is 375 g/mol. The van der Waals surface area contributed by atoms with Crippen LogP contribution in [-0.2, 0) is 0 Å². The quantitative estimate of drug-likeness (QED) is 0.667. The highest BCUT2D eigenvalue weighted by atomic mass is 35.5. The van der Waals surface area contributed by atoms with Crippen molar-refractivity contribution in [2.75, 3.05) is 18.4 Å². The molecule has 3 aromatic rings. The molecule has 0 aliphatic carbocycles. The Hall–Kier alpha value is -2.94. The second kappa shape index (κ2) is 6.99. The van der Waals surface area contributed by atoms with Gasteiger partial charge in [0, 0.05) is 25.3 Å². The number of likely N-dealkylation sites (tertiary alicyclic amines) is 1. The van der Waals surface area contributed by atoms with Crippen LogP contribution in [0.2, 0.25) is 5.15 Å². The molecule has 0 radical (unpaired) electrons. The molecule has 0 aromatic carbocycles. The van der Waals surface area contributed by atoms with Crippen LogP contribution in [0.1, 0.15) is 12.8 Å². The lowest BCUT2D eigenvalue weighted by molar-refractivity contribution is 0.132. The molecule has 1 aliphatic rings. The summed E-state index contributed by atoms with van der Waals surface area (Å²) in [5, 5.41) is 16.1. The lowest BCUT2D eigenvalue weighted by Crippen LogP contribution is -2.44. The van der Waals surface area contributed by atoms with E-state index in [0.717, 1.165) is 5.52 Å². The fourth-order valence-electron chi connectivity index (χ4n) is 3.20. The van der Waals surface area contributed by atoms with Crippen LogP contribution in [0.25, 0.3) is 16.9 Å². The highest BCUT2D eigenvalue weighted by molar-refractivity contribution is 6.29. The van der Waals surface area contributed by atoms with Crippen LogP contribution in [-0.4, -0.2) is 54.8 Å². The van der Waals surface area contributed by atoms with Gasteiger partial charge in [0.1, 0.15) is 0 Å². The number of carbonyl (C=O) groups is 1. The summed E-state index contributed by atoms with van der Waals surface area (Å²) in [6.45, 7) is 0.719. The zero-order valence-electron chi connectivity index (χ0n) is 14.1. The number of nitrogens with one attached hydrogen (secondary N) is 1. The van der Waals surface area contributed by atoms with Crippen LogP contribution in [0.15, 0.2) is 30.6 Å². The maximum Gasteiger partial charge on any atom is 0.407 e. The van der Waals surface area contributed by atoms with Crippen LogP contribution >= 0.6 is 11.6 Å². The Labute approximate surface area is 158 Å². The molecule has 1 aliphatic heterocycles. The number of hydrogen-bond donors (Lipinski definition) is 2. The van der Waals surface area contributed by atoms with Gasteiger partial charge >= 0.3 is 6.09 Å². The first kappa shape index (κ1) is 17.5. The summed E-state index contributed by atoms with van der Waals surface area (Å²) in [5.41, 5.74) is 1.39. The van der Waals surface area contributed by atoms with Crippen LogP contribution in [0, 0.1) is 5.82 Å². The molecule has 4 heterocycles. The number of carboxylic acid groups (broad SMARTS) is 1. The van der Waals surface area contributed by atoms with Crippen molar-refractivity contribution in [3.05, 3.63) is 41.6 Å². The van der Waals surface area contributed by atoms with Gasteiger partial charge in [-0.05, 0) is 25.0 Å². The summed E-state index contributed by atoms with van der Waals surface area (Å²) in [4.78, 5) is 20.8. The van der Waals surface area contributed by atoms with E-state index in [1.807, 2.05) is 18.2 Å². The van der Waals surface area contributed by atoms with Crippen LogP contribution in [0.3, 0.4) is 0 Å². The normalized spacial score (nSPS) is 17.3. The Morgan fingerprint density at radius 2 is 2.22 bits per heavy atom. The maximum atomic E-state index is 14.5. The van der Waals surface area contributed by atoms with Crippen molar-refractivity contribution in [1.82, 2.24) is 24.5 Å². The number of halogens is 2. The van der Waals surface area contributed by atoms with Gasteiger partial charge in [0.05, 0.1) is 17.3 Å². The Balaban J connectivity index is 1.67. The SMILES string of the molecule is O=C(O)N1CCC[C@@H](Nc2nc(-c3cnn4ccccc34)nc(Cl)c2F)C1. The molecule has 140 valence electrons. The van der Waals surface area contributed by atoms with Gasteiger partial charge in [-0.1, -0.05) is 17.7 Å². The summed E-state index contributed by atoms with van der Waals surface area (Å²) in [6, 6.07) is 5.29. The average Bonchev–Trinajstić information content (AvgIpc) is 3.09. The van der Waals surface area contributed by atoms with E-state index in [1.54, 1.807) is 16.9 Å². The molecular formula is C17H16ClFN6O2. The summed E-state index contributed by atoms with van der Waals surface area (Å²) in [6.07, 6.45) is 3.78. The molecule has 4 rings (SSSR count). The molecule has 8 nitrogen and oxygen atoms in total. The number of pyridine rings is 1. The second-order valence-electron chi connectivity index (χ2n) is 6.30. The summed E-state index contributed by atoms with van der Waals surface area (Å²) < 4.78 is 16.1. The number of aromatic nitrogens is 4.